The molecule has 0 radical (unpaired) electrons. The molecule has 1 atom stereocenters. The summed E-state index contributed by atoms with van der Waals surface area (Å²) in [7, 11) is -2.40. The average molecular weight is 1100 g/mol. The molecule has 0 aromatic heterocycles. The summed E-state index contributed by atoms with van der Waals surface area (Å²) in [6, 6.07) is 58.5. The molecule has 0 saturated heterocycles. The van der Waals surface area contributed by atoms with E-state index in [1.165, 1.54) is 31.3 Å². The molecule has 80 heavy (non-hydrogen) atoms. The minimum atomic E-state index is -4.94. The number of rotatable bonds is 15. The van der Waals surface area contributed by atoms with Gasteiger partial charge < -0.3 is 9.47 Å². The third kappa shape index (κ3) is 12.3. The average Bonchev–Trinajstić information content (AvgIpc) is 3.85. The first-order valence-electron chi connectivity index (χ1n) is 25.9. The third-order valence-electron chi connectivity index (χ3n) is 14.2. The highest BCUT2D eigenvalue weighted by atomic mass is 32.2. The van der Waals surface area contributed by atoms with Gasteiger partial charge >= 0.3 is 6.18 Å². The fourth-order valence-electron chi connectivity index (χ4n) is 9.91. The quantitative estimate of drug-likeness (QED) is 0.0782. The van der Waals surface area contributed by atoms with Crippen molar-refractivity contribution in [3.63, 3.8) is 0 Å². The van der Waals surface area contributed by atoms with Gasteiger partial charge in [-0.3, -0.25) is 28.6 Å². The second-order valence-electron chi connectivity index (χ2n) is 19.4. The molecule has 0 spiro atoms. The molecule has 4 amide bonds. The summed E-state index contributed by atoms with van der Waals surface area (Å²) in [6.07, 6.45) is -3.80. The number of benzene rings is 8. The Labute approximate surface area is 464 Å². The van der Waals surface area contributed by atoms with E-state index in [0.29, 0.717) is 19.3 Å². The number of nitrogens with zero attached hydrogens (tertiary/aromatic N) is 2. The number of fused-ring (bicyclic) bond motifs is 2. The number of anilines is 1. The highest BCUT2D eigenvalue weighted by molar-refractivity contribution is 7.85. The normalized spacial score (nSPS) is 13.8. The smallest absolute Gasteiger partial charge is 0.402 e. The van der Waals surface area contributed by atoms with Crippen LogP contribution in [-0.4, -0.2) is 74.2 Å². The molecular formula is C65H59F3N2O9S. The van der Waals surface area contributed by atoms with Crippen molar-refractivity contribution in [3.8, 4) is 11.5 Å². The van der Waals surface area contributed by atoms with Crippen LogP contribution in [0.15, 0.2) is 194 Å². The van der Waals surface area contributed by atoms with Crippen LogP contribution < -0.4 is 14.4 Å². The van der Waals surface area contributed by atoms with Crippen LogP contribution in [0.25, 0.3) is 0 Å². The van der Waals surface area contributed by atoms with Crippen molar-refractivity contribution in [2.45, 2.75) is 57.5 Å². The molecule has 8 aromatic rings. The fourth-order valence-corrected chi connectivity index (χ4v) is 9.91. The zero-order valence-corrected chi connectivity index (χ0v) is 45.7. The molecule has 2 heterocycles. The van der Waals surface area contributed by atoms with Crippen LogP contribution >= 0.6 is 0 Å². The Hall–Kier alpha value is -8.66. The Kier molecular flexibility index (Phi) is 17.4. The number of hydrogen-bond acceptors (Lipinski definition) is 8. The molecule has 2 aliphatic rings. The molecule has 10 rings (SSSR count). The zero-order valence-electron chi connectivity index (χ0n) is 44.9. The van der Waals surface area contributed by atoms with E-state index in [9.17, 15) is 27.6 Å². The van der Waals surface area contributed by atoms with Crippen molar-refractivity contribution in [1.82, 2.24) is 4.90 Å². The molecular weight excluding hydrogens is 1040 g/mol. The monoisotopic (exact) mass is 1100 g/mol. The van der Waals surface area contributed by atoms with E-state index in [2.05, 4.69) is 24.3 Å². The summed E-state index contributed by atoms with van der Waals surface area (Å²) in [5.41, 5.74) is 3.21. The lowest BCUT2D eigenvalue weighted by atomic mass is 9.74. The number of hydrogen-bond donors (Lipinski definition) is 1. The second-order valence-corrected chi connectivity index (χ2v) is 20.9. The molecule has 2 aliphatic heterocycles. The molecule has 410 valence electrons. The number of imide groups is 2. The van der Waals surface area contributed by atoms with Crippen LogP contribution in [0.3, 0.4) is 0 Å². The zero-order chi connectivity index (χ0) is 57.5. The summed E-state index contributed by atoms with van der Waals surface area (Å²) in [4.78, 5) is 56.5. The van der Waals surface area contributed by atoms with Gasteiger partial charge in [-0.15, -0.1) is 0 Å². The summed E-state index contributed by atoms with van der Waals surface area (Å²) in [5.74, 6) is -2.20. The first-order valence-corrected chi connectivity index (χ1v) is 27.7. The molecule has 11 nitrogen and oxygen atoms in total. The van der Waals surface area contributed by atoms with Crippen molar-refractivity contribution in [1.29, 1.82) is 0 Å². The summed E-state index contributed by atoms with van der Waals surface area (Å²) in [5, 5.41) is 0. The van der Waals surface area contributed by atoms with Crippen LogP contribution in [0.4, 0.5) is 18.9 Å². The molecule has 1 unspecified atom stereocenters. The number of aryl methyl sites for hydroxylation is 1. The van der Waals surface area contributed by atoms with Gasteiger partial charge in [0.15, 0.2) is 0 Å². The van der Waals surface area contributed by atoms with E-state index in [-0.39, 0.29) is 63.3 Å². The minimum Gasteiger partial charge on any atom is -0.492 e. The van der Waals surface area contributed by atoms with Gasteiger partial charge in [0.25, 0.3) is 33.7 Å². The van der Waals surface area contributed by atoms with E-state index in [0.717, 1.165) is 73.5 Å². The van der Waals surface area contributed by atoms with Gasteiger partial charge in [0.2, 0.25) is 0 Å². The number of carbonyl (C=O) groups is 4. The fraction of sp³-hybridized carbons (Fsp3) is 0.200. The van der Waals surface area contributed by atoms with Crippen molar-refractivity contribution in [2.24, 2.45) is 0 Å². The summed E-state index contributed by atoms with van der Waals surface area (Å²) < 4.78 is 85.7. The van der Waals surface area contributed by atoms with E-state index in [1.54, 1.807) is 12.1 Å². The first-order chi connectivity index (χ1) is 38.2. The minimum absolute atomic E-state index is 0.00146. The molecule has 0 fully saturated rings. The second kappa shape index (κ2) is 24.1. The number of ether oxygens (including phenoxy) is 2. The van der Waals surface area contributed by atoms with Crippen LogP contribution in [-0.2, 0) is 22.0 Å². The van der Waals surface area contributed by atoms with E-state index >= 15 is 13.2 Å². The van der Waals surface area contributed by atoms with Gasteiger partial charge in [-0.25, -0.2) is 4.90 Å². The predicted octanol–water partition coefficient (Wildman–Crippen LogP) is 13.4. The summed E-state index contributed by atoms with van der Waals surface area (Å²) >= 11 is 0. The first kappa shape index (κ1) is 57.5. The molecule has 15 heteroatoms. The maximum Gasteiger partial charge on any atom is 0.402 e. The van der Waals surface area contributed by atoms with Gasteiger partial charge in [-0.2, -0.15) is 21.6 Å². The highest BCUT2D eigenvalue weighted by Gasteiger charge is 2.55. The Bertz CT molecular complexity index is 3590. The Morgan fingerprint density at radius 3 is 1.31 bits per heavy atom. The van der Waals surface area contributed by atoms with Crippen molar-refractivity contribution in [2.75, 3.05) is 31.4 Å². The molecule has 1 N–H and O–H groups in total. The van der Waals surface area contributed by atoms with Crippen LogP contribution in [0.2, 0.25) is 0 Å². The van der Waals surface area contributed by atoms with E-state index in [4.69, 9.17) is 14.0 Å². The lowest BCUT2D eigenvalue weighted by Gasteiger charge is -2.33. The van der Waals surface area contributed by atoms with Crippen LogP contribution in [0.5, 0.6) is 11.5 Å². The van der Waals surface area contributed by atoms with Crippen molar-refractivity contribution >= 4 is 39.4 Å². The van der Waals surface area contributed by atoms with Gasteiger partial charge in [0, 0.05) is 18.9 Å². The maximum atomic E-state index is 15.5. The topological polar surface area (TPSA) is 148 Å². The lowest BCUT2D eigenvalue weighted by molar-refractivity contribution is -0.173. The molecule has 0 bridgehead atoms. The van der Waals surface area contributed by atoms with E-state index < -0.39 is 45.3 Å². The number of alkyl halides is 3. The van der Waals surface area contributed by atoms with E-state index in [1.807, 2.05) is 142 Å². The number of amides is 4. The Balaban J connectivity index is 0.00000114. The van der Waals surface area contributed by atoms with Crippen molar-refractivity contribution in [3.05, 3.63) is 266 Å². The van der Waals surface area contributed by atoms with Gasteiger partial charge in [-0.1, -0.05) is 166 Å². The standard InChI is InChI=1S/C62H49F3N2O6.C2H6.CH4O3S/c1-39-24-25-40(33-55(39)72-37-52(42-16-8-4-9-17-42)43-18-10-5-11-19-43)32-41-26-31-54(56(34-41)73-38-53(44-20-12-6-13-21-44)45-22-14-7-15-23-45)67-59(70)49-30-28-47(36-51(49)60(67)71)61(2,62(63,64)65)46-27-29-48-50(35-46)58(69)66(3)57(48)68;1-2;1-5(2,3)4/h4-31,33-36,52-53H,32,37-38H2,1-3H3;1-2H3;1H3,(H,2,3,4). The van der Waals surface area contributed by atoms with Crippen molar-refractivity contribution < 1.29 is 54.8 Å². The lowest BCUT2D eigenvalue weighted by Crippen LogP contribution is -2.41. The molecule has 0 saturated carbocycles. The SMILES string of the molecule is CC.CS(=O)(=O)O.Cc1ccc(Cc2ccc(N3C(=O)c4ccc(C(C)(c5ccc6c(c5)C(=O)N(C)C6=O)C(F)(F)F)cc4C3=O)c(OCC(c3ccccc3)c3ccccc3)c2)cc1OCC(c1ccccc1)c1ccccc1. The van der Waals surface area contributed by atoms with Gasteiger partial charge in [0.1, 0.15) is 16.9 Å². The number of carbonyl (C=O) groups excluding carboxylic acids is 4. The predicted molar refractivity (Wildman–Crippen MR) is 303 cm³/mol. The van der Waals surface area contributed by atoms with Crippen LogP contribution in [0, 0.1) is 6.92 Å². The van der Waals surface area contributed by atoms with Gasteiger partial charge in [0.05, 0.1) is 47.4 Å². The summed E-state index contributed by atoms with van der Waals surface area (Å²) in [6.45, 7) is 7.47. The van der Waals surface area contributed by atoms with Crippen LogP contribution in [0.1, 0.15) is 124 Å². The van der Waals surface area contributed by atoms with Gasteiger partial charge in [-0.05, 0) is 113 Å². The molecule has 0 aliphatic carbocycles. The Morgan fingerprint density at radius 2 is 0.875 bits per heavy atom. The third-order valence-corrected chi connectivity index (χ3v) is 14.2. The Morgan fingerprint density at radius 1 is 0.512 bits per heavy atom. The number of halogens is 3. The highest BCUT2D eigenvalue weighted by Crippen LogP contribution is 2.48. The largest absolute Gasteiger partial charge is 0.492 e. The molecule has 8 aromatic carbocycles. The maximum absolute atomic E-state index is 15.5.